The molecule has 0 spiro atoms. The van der Waals surface area contributed by atoms with Gasteiger partial charge in [0.05, 0.1) is 0 Å². The van der Waals surface area contributed by atoms with E-state index in [2.05, 4.69) is 18.7 Å². The second-order valence-electron chi connectivity index (χ2n) is 3.89. The van der Waals surface area contributed by atoms with Gasteiger partial charge in [-0.1, -0.05) is 6.92 Å². The molecule has 0 saturated heterocycles. The van der Waals surface area contributed by atoms with E-state index in [1.165, 1.54) is 0 Å². The van der Waals surface area contributed by atoms with Gasteiger partial charge in [-0.05, 0) is 34.2 Å². The van der Waals surface area contributed by atoms with Crippen molar-refractivity contribution in [3.63, 3.8) is 0 Å². The molecular weight excluding hydrogens is 141 g/mol. The summed E-state index contributed by atoms with van der Waals surface area (Å²) in [6, 6.07) is 0.477. The molecule has 0 unspecified atom stereocenters. The Balaban J connectivity index is 3.77. The van der Waals surface area contributed by atoms with Crippen molar-refractivity contribution < 1.29 is 4.39 Å². The number of rotatable bonds is 4. The van der Waals surface area contributed by atoms with Gasteiger partial charge in [-0.15, -0.1) is 0 Å². The average Bonchev–Trinajstić information content (AvgIpc) is 1.82. The molecule has 0 radical (unpaired) electrons. The molecule has 11 heavy (non-hydrogen) atoms. The zero-order chi connectivity index (χ0) is 9.07. The highest BCUT2D eigenvalue weighted by atomic mass is 19.1. The Morgan fingerprint density at radius 1 is 1.45 bits per heavy atom. The van der Waals surface area contributed by atoms with Gasteiger partial charge in [0.1, 0.15) is 5.67 Å². The molecule has 0 saturated carbocycles. The molecule has 0 heterocycles. The summed E-state index contributed by atoms with van der Waals surface area (Å²) in [5, 5.41) is 0. The number of hydrogen-bond acceptors (Lipinski definition) is 1. The van der Waals surface area contributed by atoms with Crippen LogP contribution in [0.25, 0.3) is 0 Å². The average molecular weight is 161 g/mol. The summed E-state index contributed by atoms with van der Waals surface area (Å²) in [6.45, 7) is 7.98. The van der Waals surface area contributed by atoms with Crippen LogP contribution >= 0.6 is 0 Å². The van der Waals surface area contributed by atoms with Crippen molar-refractivity contribution >= 4 is 0 Å². The van der Waals surface area contributed by atoms with Gasteiger partial charge in [-0.2, -0.15) is 0 Å². The predicted octanol–water partition coefficient (Wildman–Crippen LogP) is 2.46. The fourth-order valence-corrected chi connectivity index (χ4v) is 1.06. The van der Waals surface area contributed by atoms with Gasteiger partial charge in [0.15, 0.2) is 0 Å². The van der Waals surface area contributed by atoms with Crippen LogP contribution in [0.15, 0.2) is 0 Å². The molecule has 0 rings (SSSR count). The molecule has 2 heteroatoms. The topological polar surface area (TPSA) is 3.24 Å². The number of alkyl halides is 1. The maximum Gasteiger partial charge on any atom is 0.118 e. The summed E-state index contributed by atoms with van der Waals surface area (Å²) >= 11 is 0. The molecule has 68 valence electrons. The van der Waals surface area contributed by atoms with Gasteiger partial charge in [-0.25, -0.2) is 4.39 Å². The Kier molecular flexibility index (Phi) is 4.01. The molecular formula is C9H20FN. The van der Waals surface area contributed by atoms with Crippen LogP contribution in [0, 0.1) is 0 Å². The quantitative estimate of drug-likeness (QED) is 0.612. The van der Waals surface area contributed by atoms with E-state index in [0.717, 1.165) is 6.42 Å². The lowest BCUT2D eigenvalue weighted by molar-refractivity contribution is 0.118. The van der Waals surface area contributed by atoms with Gasteiger partial charge >= 0.3 is 0 Å². The van der Waals surface area contributed by atoms with E-state index in [4.69, 9.17) is 0 Å². The molecule has 0 aromatic carbocycles. The molecule has 1 nitrogen and oxygen atoms in total. The molecule has 0 bridgehead atoms. The lowest BCUT2D eigenvalue weighted by Crippen LogP contribution is -2.38. The van der Waals surface area contributed by atoms with Crippen LogP contribution in [0.4, 0.5) is 4.39 Å². The predicted molar refractivity (Wildman–Crippen MR) is 47.6 cm³/mol. The molecule has 0 fully saturated rings. The van der Waals surface area contributed by atoms with E-state index >= 15 is 0 Å². The second-order valence-corrected chi connectivity index (χ2v) is 3.89. The number of nitrogens with zero attached hydrogens (tertiary/aromatic N) is 1. The Labute approximate surface area is 69.6 Å². The third-order valence-corrected chi connectivity index (χ3v) is 1.97. The second kappa shape index (κ2) is 4.05. The normalized spacial score (nSPS) is 15.5. The minimum Gasteiger partial charge on any atom is -0.301 e. The van der Waals surface area contributed by atoms with Crippen LogP contribution in [0.3, 0.4) is 0 Å². The summed E-state index contributed by atoms with van der Waals surface area (Å²) in [5.41, 5.74) is -1.07. The first kappa shape index (κ1) is 10.9. The van der Waals surface area contributed by atoms with E-state index in [1.807, 2.05) is 7.05 Å². The first-order valence-electron chi connectivity index (χ1n) is 4.26. The van der Waals surface area contributed by atoms with E-state index < -0.39 is 5.67 Å². The minimum atomic E-state index is -1.07. The molecule has 0 amide bonds. The lowest BCUT2D eigenvalue weighted by atomic mass is 10.1. The Morgan fingerprint density at radius 2 is 1.91 bits per heavy atom. The van der Waals surface area contributed by atoms with Crippen LogP contribution in [-0.2, 0) is 0 Å². The van der Waals surface area contributed by atoms with Crippen molar-refractivity contribution in [1.82, 2.24) is 4.90 Å². The molecule has 0 aromatic rings. The molecule has 0 N–H and O–H groups in total. The highest BCUT2D eigenvalue weighted by Crippen LogP contribution is 2.12. The lowest BCUT2D eigenvalue weighted by Gasteiger charge is -2.28. The van der Waals surface area contributed by atoms with E-state index in [-0.39, 0.29) is 0 Å². The standard InChI is InChI=1S/C9H20FN/c1-6-8(2)11(5)7-9(3,4)10/h8H,6-7H2,1-5H3/t8-/m1/s1. The summed E-state index contributed by atoms with van der Waals surface area (Å²) in [7, 11) is 1.97. The van der Waals surface area contributed by atoms with Crippen molar-refractivity contribution in [2.45, 2.75) is 45.8 Å². The van der Waals surface area contributed by atoms with E-state index in [0.29, 0.717) is 12.6 Å². The highest BCUT2D eigenvalue weighted by molar-refractivity contribution is 4.73. The maximum absolute atomic E-state index is 13.1. The smallest absolute Gasteiger partial charge is 0.118 e. The van der Waals surface area contributed by atoms with Crippen LogP contribution in [0.5, 0.6) is 0 Å². The Bertz CT molecular complexity index is 107. The van der Waals surface area contributed by atoms with Crippen LogP contribution in [0.2, 0.25) is 0 Å². The summed E-state index contributed by atoms with van der Waals surface area (Å²) < 4.78 is 13.1. The fourth-order valence-electron chi connectivity index (χ4n) is 1.06. The first-order valence-corrected chi connectivity index (χ1v) is 4.26. The maximum atomic E-state index is 13.1. The minimum absolute atomic E-state index is 0.477. The van der Waals surface area contributed by atoms with Crippen LogP contribution in [0.1, 0.15) is 34.1 Å². The zero-order valence-corrected chi connectivity index (χ0v) is 8.32. The molecule has 0 aliphatic carbocycles. The summed E-state index contributed by atoms with van der Waals surface area (Å²) in [6.07, 6.45) is 1.08. The SMILES string of the molecule is CC[C@@H](C)N(C)CC(C)(C)F. The van der Waals surface area contributed by atoms with Crippen molar-refractivity contribution in [2.24, 2.45) is 0 Å². The third kappa shape index (κ3) is 5.19. The molecule has 0 aliphatic heterocycles. The van der Waals surface area contributed by atoms with Crippen LogP contribution in [-0.4, -0.2) is 30.2 Å². The fraction of sp³-hybridized carbons (Fsp3) is 1.00. The van der Waals surface area contributed by atoms with Gasteiger partial charge in [-0.3, -0.25) is 0 Å². The van der Waals surface area contributed by atoms with Gasteiger partial charge in [0.25, 0.3) is 0 Å². The number of halogens is 1. The third-order valence-electron chi connectivity index (χ3n) is 1.97. The molecule has 1 atom stereocenters. The largest absolute Gasteiger partial charge is 0.301 e. The van der Waals surface area contributed by atoms with E-state index in [9.17, 15) is 4.39 Å². The first-order chi connectivity index (χ1) is 4.87. The van der Waals surface area contributed by atoms with Crippen molar-refractivity contribution in [2.75, 3.05) is 13.6 Å². The Hall–Kier alpha value is -0.110. The van der Waals surface area contributed by atoms with Crippen molar-refractivity contribution in [1.29, 1.82) is 0 Å². The monoisotopic (exact) mass is 161 g/mol. The van der Waals surface area contributed by atoms with Gasteiger partial charge in [0, 0.05) is 12.6 Å². The summed E-state index contributed by atoms with van der Waals surface area (Å²) in [5.74, 6) is 0. The van der Waals surface area contributed by atoms with Gasteiger partial charge in [0.2, 0.25) is 0 Å². The van der Waals surface area contributed by atoms with Crippen molar-refractivity contribution in [3.8, 4) is 0 Å². The number of hydrogen-bond donors (Lipinski definition) is 0. The Morgan fingerprint density at radius 3 is 2.18 bits per heavy atom. The zero-order valence-electron chi connectivity index (χ0n) is 8.32. The molecule has 0 aromatic heterocycles. The van der Waals surface area contributed by atoms with E-state index in [1.54, 1.807) is 13.8 Å². The van der Waals surface area contributed by atoms with Gasteiger partial charge < -0.3 is 4.90 Å². The highest BCUT2D eigenvalue weighted by Gasteiger charge is 2.20. The van der Waals surface area contributed by atoms with Crippen LogP contribution < -0.4 is 0 Å². The summed E-state index contributed by atoms with van der Waals surface area (Å²) in [4.78, 5) is 2.06. The molecule has 0 aliphatic rings. The van der Waals surface area contributed by atoms with Crippen molar-refractivity contribution in [3.05, 3.63) is 0 Å².